The van der Waals surface area contributed by atoms with Gasteiger partial charge in [-0.05, 0) is 18.3 Å². The first-order chi connectivity index (χ1) is 6.41. The second kappa shape index (κ2) is 3.59. The second-order valence-electron chi connectivity index (χ2n) is 4.56. The van der Waals surface area contributed by atoms with E-state index in [0.29, 0.717) is 18.6 Å². The van der Waals surface area contributed by atoms with Crippen LogP contribution in [0, 0.1) is 17.3 Å². The van der Waals surface area contributed by atoms with Gasteiger partial charge in [-0.1, -0.05) is 25.9 Å². The third-order valence-electron chi connectivity index (χ3n) is 3.63. The van der Waals surface area contributed by atoms with Crippen molar-refractivity contribution in [2.45, 2.75) is 33.6 Å². The summed E-state index contributed by atoms with van der Waals surface area (Å²) in [6.45, 7) is 5.76. The van der Waals surface area contributed by atoms with E-state index in [2.05, 4.69) is 5.16 Å². The maximum Gasteiger partial charge on any atom is 0.307 e. The van der Waals surface area contributed by atoms with E-state index >= 15 is 0 Å². The first-order valence-electron chi connectivity index (χ1n) is 4.85. The van der Waals surface area contributed by atoms with Gasteiger partial charge in [-0.25, -0.2) is 0 Å². The molecule has 0 unspecified atom stereocenters. The first kappa shape index (κ1) is 11.0. The standard InChI is InChI=1S/C10H17NO3/c1-6-8(11-14)5-4-7(9(12)13)10(6,2)3/h6-7,14H,4-5H2,1-3H3,(H,12,13)/b11-8+/t6-,7+/m0/s1. The Kier molecular flexibility index (Phi) is 2.83. The molecule has 1 aliphatic rings. The van der Waals surface area contributed by atoms with Crippen molar-refractivity contribution in [1.82, 2.24) is 0 Å². The Labute approximate surface area is 83.6 Å². The number of carbonyl (C=O) groups is 1. The molecule has 0 radical (unpaired) electrons. The second-order valence-corrected chi connectivity index (χ2v) is 4.56. The molecule has 80 valence electrons. The van der Waals surface area contributed by atoms with Gasteiger partial charge in [0.25, 0.3) is 0 Å². The highest BCUT2D eigenvalue weighted by atomic mass is 16.4. The summed E-state index contributed by atoms with van der Waals surface area (Å²) in [5.41, 5.74) is 0.374. The number of oxime groups is 1. The minimum Gasteiger partial charge on any atom is -0.481 e. The minimum absolute atomic E-state index is 0.0161. The quantitative estimate of drug-likeness (QED) is 0.501. The van der Waals surface area contributed by atoms with Gasteiger partial charge in [0, 0.05) is 5.92 Å². The summed E-state index contributed by atoms with van der Waals surface area (Å²) in [4.78, 5) is 11.0. The van der Waals surface area contributed by atoms with Gasteiger partial charge in [-0.3, -0.25) is 4.79 Å². The molecule has 14 heavy (non-hydrogen) atoms. The highest BCUT2D eigenvalue weighted by Crippen LogP contribution is 2.43. The molecule has 4 heteroatoms. The molecule has 1 aliphatic carbocycles. The van der Waals surface area contributed by atoms with Crippen molar-refractivity contribution in [3.8, 4) is 0 Å². The molecule has 0 amide bonds. The van der Waals surface area contributed by atoms with Crippen molar-refractivity contribution >= 4 is 11.7 Å². The molecule has 0 saturated heterocycles. The summed E-state index contributed by atoms with van der Waals surface area (Å²) in [5, 5.41) is 21.0. The lowest BCUT2D eigenvalue weighted by molar-refractivity contribution is -0.147. The SMILES string of the molecule is C[C@H]1/C(=N/O)CC[C@H](C(=O)O)C1(C)C. The third-order valence-corrected chi connectivity index (χ3v) is 3.63. The van der Waals surface area contributed by atoms with Crippen molar-refractivity contribution < 1.29 is 15.1 Å². The molecular weight excluding hydrogens is 182 g/mol. The summed E-state index contributed by atoms with van der Waals surface area (Å²) in [7, 11) is 0. The van der Waals surface area contributed by atoms with E-state index in [4.69, 9.17) is 10.3 Å². The molecule has 0 aliphatic heterocycles. The van der Waals surface area contributed by atoms with Crippen molar-refractivity contribution in [3.05, 3.63) is 0 Å². The lowest BCUT2D eigenvalue weighted by Gasteiger charge is -2.41. The fourth-order valence-corrected chi connectivity index (χ4v) is 2.19. The summed E-state index contributed by atoms with van der Waals surface area (Å²) in [5.74, 6) is -1.08. The van der Waals surface area contributed by atoms with Crippen LogP contribution in [0.2, 0.25) is 0 Å². The van der Waals surface area contributed by atoms with Crippen LogP contribution in [0.4, 0.5) is 0 Å². The maximum atomic E-state index is 11.0. The molecular formula is C10H17NO3. The first-order valence-corrected chi connectivity index (χ1v) is 4.85. The number of nitrogens with zero attached hydrogens (tertiary/aromatic N) is 1. The van der Waals surface area contributed by atoms with Crippen molar-refractivity contribution in [1.29, 1.82) is 0 Å². The van der Waals surface area contributed by atoms with E-state index in [1.54, 1.807) is 0 Å². The number of carboxylic acid groups (broad SMARTS) is 1. The average molecular weight is 199 g/mol. The predicted octanol–water partition coefficient (Wildman–Crippen LogP) is 1.97. The van der Waals surface area contributed by atoms with Gasteiger partial charge in [0.2, 0.25) is 0 Å². The molecule has 0 aromatic rings. The van der Waals surface area contributed by atoms with Gasteiger partial charge in [0.05, 0.1) is 11.6 Å². The molecule has 0 spiro atoms. The van der Waals surface area contributed by atoms with Gasteiger partial charge in [0.1, 0.15) is 0 Å². The zero-order valence-corrected chi connectivity index (χ0v) is 8.82. The minimum atomic E-state index is -0.751. The molecule has 0 aromatic carbocycles. The molecule has 1 rings (SSSR count). The molecule has 0 heterocycles. The Hall–Kier alpha value is -1.06. The zero-order valence-electron chi connectivity index (χ0n) is 8.82. The number of hydrogen-bond acceptors (Lipinski definition) is 3. The van der Waals surface area contributed by atoms with Crippen molar-refractivity contribution in [3.63, 3.8) is 0 Å². The number of aliphatic carboxylic acids is 1. The monoisotopic (exact) mass is 199 g/mol. The summed E-state index contributed by atoms with van der Waals surface area (Å²) in [6.07, 6.45) is 1.14. The third kappa shape index (κ3) is 1.61. The van der Waals surface area contributed by atoms with Crippen molar-refractivity contribution in [2.24, 2.45) is 22.4 Å². The van der Waals surface area contributed by atoms with Crippen LogP contribution in [0.1, 0.15) is 33.6 Å². The molecule has 2 atom stereocenters. The fraction of sp³-hybridized carbons (Fsp3) is 0.800. The van der Waals surface area contributed by atoms with Crippen LogP contribution < -0.4 is 0 Å². The molecule has 0 bridgehead atoms. The van der Waals surface area contributed by atoms with Gasteiger partial charge in [-0.2, -0.15) is 0 Å². The Bertz CT molecular complexity index is 271. The van der Waals surface area contributed by atoms with Gasteiger partial charge < -0.3 is 10.3 Å². The predicted molar refractivity (Wildman–Crippen MR) is 52.5 cm³/mol. The molecule has 0 aromatic heterocycles. The molecule has 4 nitrogen and oxygen atoms in total. The van der Waals surface area contributed by atoms with Crippen LogP contribution >= 0.6 is 0 Å². The Morgan fingerprint density at radius 1 is 1.57 bits per heavy atom. The number of hydrogen-bond donors (Lipinski definition) is 2. The molecule has 1 fully saturated rings. The van der Waals surface area contributed by atoms with Crippen LogP contribution in [0.15, 0.2) is 5.16 Å². The summed E-state index contributed by atoms with van der Waals surface area (Å²) < 4.78 is 0. The van der Waals surface area contributed by atoms with Crippen LogP contribution in [-0.2, 0) is 4.79 Å². The zero-order chi connectivity index (χ0) is 10.9. The highest BCUT2D eigenvalue weighted by Gasteiger charge is 2.44. The average Bonchev–Trinajstić information content (AvgIpc) is 2.08. The molecule has 1 saturated carbocycles. The van der Waals surface area contributed by atoms with E-state index in [-0.39, 0.29) is 17.3 Å². The van der Waals surface area contributed by atoms with E-state index < -0.39 is 5.97 Å². The lowest BCUT2D eigenvalue weighted by Crippen LogP contribution is -2.44. The normalized spacial score (nSPS) is 34.4. The highest BCUT2D eigenvalue weighted by molar-refractivity contribution is 5.89. The smallest absolute Gasteiger partial charge is 0.307 e. The summed E-state index contributed by atoms with van der Waals surface area (Å²) in [6, 6.07) is 0. The maximum absolute atomic E-state index is 11.0. The Balaban J connectivity index is 2.96. The van der Waals surface area contributed by atoms with Crippen LogP contribution in [0.25, 0.3) is 0 Å². The largest absolute Gasteiger partial charge is 0.481 e. The van der Waals surface area contributed by atoms with Gasteiger partial charge in [0.15, 0.2) is 0 Å². The van der Waals surface area contributed by atoms with Gasteiger partial charge in [-0.15, -0.1) is 0 Å². The summed E-state index contributed by atoms with van der Waals surface area (Å²) >= 11 is 0. The van der Waals surface area contributed by atoms with Crippen LogP contribution in [0.3, 0.4) is 0 Å². The van der Waals surface area contributed by atoms with E-state index in [9.17, 15) is 4.79 Å². The Morgan fingerprint density at radius 2 is 2.14 bits per heavy atom. The van der Waals surface area contributed by atoms with Crippen LogP contribution in [-0.4, -0.2) is 22.0 Å². The fourth-order valence-electron chi connectivity index (χ4n) is 2.19. The van der Waals surface area contributed by atoms with E-state index in [1.165, 1.54) is 0 Å². The number of carboxylic acids is 1. The van der Waals surface area contributed by atoms with E-state index in [1.807, 2.05) is 20.8 Å². The lowest BCUT2D eigenvalue weighted by atomic mass is 9.62. The van der Waals surface area contributed by atoms with Gasteiger partial charge >= 0.3 is 5.97 Å². The topological polar surface area (TPSA) is 69.9 Å². The number of rotatable bonds is 1. The van der Waals surface area contributed by atoms with Crippen molar-refractivity contribution in [2.75, 3.05) is 0 Å². The Morgan fingerprint density at radius 3 is 2.57 bits per heavy atom. The van der Waals surface area contributed by atoms with Crippen LogP contribution in [0.5, 0.6) is 0 Å². The van der Waals surface area contributed by atoms with E-state index in [0.717, 1.165) is 0 Å². The molecule has 2 N–H and O–H groups in total.